The molecule has 0 unspecified atom stereocenters. The summed E-state index contributed by atoms with van der Waals surface area (Å²) in [7, 11) is -4.84. The van der Waals surface area contributed by atoms with E-state index in [1.807, 2.05) is 0 Å². The highest BCUT2D eigenvalue weighted by molar-refractivity contribution is 7.85. The van der Waals surface area contributed by atoms with Gasteiger partial charge in [-0.1, -0.05) is 42.5 Å². The molecule has 3 aromatic rings. The highest BCUT2D eigenvalue weighted by atomic mass is 127. The molecular formula is C19H14F3IO3S. The quantitative estimate of drug-likeness (QED) is 0.399. The molecule has 0 atom stereocenters. The lowest BCUT2D eigenvalue weighted by molar-refractivity contribution is -0.597. The average molecular weight is 506 g/mol. The number of alkyl halides is 3. The maximum atomic E-state index is 12.1. The van der Waals surface area contributed by atoms with E-state index in [2.05, 4.69) is 60.7 Å². The first-order valence-electron chi connectivity index (χ1n) is 7.54. The van der Waals surface area contributed by atoms with Crippen LogP contribution in [0.15, 0.2) is 89.8 Å². The van der Waals surface area contributed by atoms with Crippen molar-refractivity contribution in [3.8, 4) is 0 Å². The van der Waals surface area contributed by atoms with Gasteiger partial charge in [0.15, 0.2) is 7.14 Å². The van der Waals surface area contributed by atoms with Gasteiger partial charge in [-0.25, -0.2) is 8.42 Å². The Kier molecular flexibility index (Phi) is 7.40. The Bertz CT molecular complexity index is 923. The predicted molar refractivity (Wildman–Crippen MR) is 89.7 cm³/mol. The molecule has 0 spiro atoms. The van der Waals surface area contributed by atoms with E-state index < -0.39 is 26.8 Å². The first-order valence-corrected chi connectivity index (χ1v) is 11.1. The molecule has 0 aliphatic rings. The fourth-order valence-corrected chi connectivity index (χ4v) is 4.69. The molecule has 142 valence electrons. The summed E-state index contributed by atoms with van der Waals surface area (Å²) in [6.45, 7) is 0. The number of hydrogen-bond donors (Lipinski definition) is 0. The minimum absolute atomic E-state index is 0.0287. The second kappa shape index (κ2) is 9.34. The van der Waals surface area contributed by atoms with Crippen LogP contribution in [0.1, 0.15) is 5.56 Å². The van der Waals surface area contributed by atoms with Crippen molar-refractivity contribution in [2.45, 2.75) is 11.1 Å². The van der Waals surface area contributed by atoms with E-state index in [1.165, 1.54) is 7.14 Å². The SMILES string of the molecule is O=S(=O)([O-])c1cccc(C(F)(F)F)c1.c1ccc([I+]c2ccccc2)cc1. The number of halogens is 4. The molecule has 0 bridgehead atoms. The van der Waals surface area contributed by atoms with E-state index >= 15 is 0 Å². The first-order chi connectivity index (χ1) is 12.7. The Balaban J connectivity index is 0.000000194. The van der Waals surface area contributed by atoms with Crippen molar-refractivity contribution in [2.24, 2.45) is 0 Å². The Labute approximate surface area is 165 Å². The molecule has 0 amide bonds. The summed E-state index contributed by atoms with van der Waals surface area (Å²) < 4.78 is 70.3. The predicted octanol–water partition coefficient (Wildman–Crippen LogP) is 1.42. The van der Waals surface area contributed by atoms with Gasteiger partial charge in [0.1, 0.15) is 10.1 Å². The Morgan fingerprint density at radius 1 is 0.741 bits per heavy atom. The minimum Gasteiger partial charge on any atom is -0.744 e. The van der Waals surface area contributed by atoms with Crippen LogP contribution in [-0.4, -0.2) is 13.0 Å². The zero-order valence-electron chi connectivity index (χ0n) is 13.7. The van der Waals surface area contributed by atoms with Gasteiger partial charge >= 0.3 is 27.4 Å². The van der Waals surface area contributed by atoms with Gasteiger partial charge in [0.05, 0.1) is 10.5 Å². The van der Waals surface area contributed by atoms with E-state index in [0.29, 0.717) is 12.1 Å². The van der Waals surface area contributed by atoms with E-state index in [4.69, 9.17) is 0 Å². The molecule has 3 aromatic carbocycles. The maximum absolute atomic E-state index is 12.1. The smallest absolute Gasteiger partial charge is 0.416 e. The van der Waals surface area contributed by atoms with Crippen LogP contribution in [0, 0.1) is 7.14 Å². The minimum atomic E-state index is -4.84. The van der Waals surface area contributed by atoms with Crippen molar-refractivity contribution in [1.29, 1.82) is 0 Å². The Hall–Kier alpha value is -1.91. The molecule has 0 aliphatic heterocycles. The van der Waals surface area contributed by atoms with Crippen molar-refractivity contribution in [1.82, 2.24) is 0 Å². The molecule has 0 radical (unpaired) electrons. The summed E-state index contributed by atoms with van der Waals surface area (Å²) in [5.74, 6) is 0. The Morgan fingerprint density at radius 2 is 1.22 bits per heavy atom. The fraction of sp³-hybridized carbons (Fsp3) is 0.0526. The van der Waals surface area contributed by atoms with Crippen LogP contribution < -0.4 is 21.2 Å². The van der Waals surface area contributed by atoms with Gasteiger partial charge in [-0.3, -0.25) is 0 Å². The second-order valence-electron chi connectivity index (χ2n) is 5.17. The molecule has 3 rings (SSSR count). The van der Waals surface area contributed by atoms with Crippen molar-refractivity contribution < 1.29 is 47.3 Å². The van der Waals surface area contributed by atoms with Crippen LogP contribution >= 0.6 is 0 Å². The van der Waals surface area contributed by atoms with Gasteiger partial charge in [0, 0.05) is 0 Å². The van der Waals surface area contributed by atoms with E-state index in [1.54, 1.807) is 0 Å². The largest absolute Gasteiger partial charge is 0.744 e. The Morgan fingerprint density at radius 3 is 1.63 bits per heavy atom. The van der Waals surface area contributed by atoms with Gasteiger partial charge in [0.25, 0.3) is 0 Å². The van der Waals surface area contributed by atoms with Gasteiger partial charge in [-0.15, -0.1) is 0 Å². The normalized spacial score (nSPS) is 11.4. The summed E-state index contributed by atoms with van der Waals surface area (Å²) in [5.41, 5.74) is -1.16. The van der Waals surface area contributed by atoms with Crippen molar-refractivity contribution in [3.05, 3.63) is 97.6 Å². The van der Waals surface area contributed by atoms with Crippen LogP contribution in [0.5, 0.6) is 0 Å². The maximum Gasteiger partial charge on any atom is 0.416 e. The standard InChI is InChI=1S/C12H10I.C7H5F3O3S/c1-3-7-11(8-4-1)13-12-9-5-2-6-10-12;8-7(9,10)5-2-1-3-6(4-5)14(11,12)13/h1-10H;1-4H,(H,11,12,13)/q+1;/p-1. The molecule has 0 aromatic heterocycles. The summed E-state index contributed by atoms with van der Waals surface area (Å²) in [4.78, 5) is -0.882. The number of benzene rings is 3. The molecule has 8 heteroatoms. The molecule has 0 saturated carbocycles. The molecule has 0 N–H and O–H groups in total. The van der Waals surface area contributed by atoms with Crippen LogP contribution in [0.3, 0.4) is 0 Å². The fourth-order valence-electron chi connectivity index (χ4n) is 1.91. The summed E-state index contributed by atoms with van der Waals surface area (Å²) in [6, 6.07) is 24.1. The van der Waals surface area contributed by atoms with Gasteiger partial charge in [-0.2, -0.15) is 13.2 Å². The summed E-state index contributed by atoms with van der Waals surface area (Å²) in [5, 5.41) is 0. The lowest BCUT2D eigenvalue weighted by Crippen LogP contribution is -3.61. The topological polar surface area (TPSA) is 57.2 Å². The third kappa shape index (κ3) is 7.31. The van der Waals surface area contributed by atoms with Crippen LogP contribution in [-0.2, 0) is 16.3 Å². The van der Waals surface area contributed by atoms with Crippen LogP contribution in [0.25, 0.3) is 0 Å². The molecule has 0 aliphatic carbocycles. The molecule has 3 nitrogen and oxygen atoms in total. The molecule has 0 fully saturated rings. The lowest BCUT2D eigenvalue weighted by atomic mass is 10.2. The van der Waals surface area contributed by atoms with E-state index in [0.717, 1.165) is 12.1 Å². The van der Waals surface area contributed by atoms with Crippen molar-refractivity contribution in [2.75, 3.05) is 0 Å². The average Bonchev–Trinajstić information content (AvgIpc) is 2.63. The van der Waals surface area contributed by atoms with Gasteiger partial charge in [0.2, 0.25) is 0 Å². The van der Waals surface area contributed by atoms with E-state index in [-0.39, 0.29) is 21.2 Å². The zero-order valence-corrected chi connectivity index (χ0v) is 16.7. The second-order valence-corrected chi connectivity index (χ2v) is 9.58. The van der Waals surface area contributed by atoms with Crippen molar-refractivity contribution >= 4 is 10.1 Å². The van der Waals surface area contributed by atoms with Crippen LogP contribution in [0.2, 0.25) is 0 Å². The summed E-state index contributed by atoms with van der Waals surface area (Å²) >= 11 is 0.0287. The molecule has 0 saturated heterocycles. The third-order valence-electron chi connectivity index (χ3n) is 3.13. The zero-order chi connectivity index (χ0) is 19.9. The highest BCUT2D eigenvalue weighted by Crippen LogP contribution is 2.30. The number of hydrogen-bond acceptors (Lipinski definition) is 3. The molecule has 27 heavy (non-hydrogen) atoms. The van der Waals surface area contributed by atoms with Crippen LogP contribution in [0.4, 0.5) is 13.2 Å². The highest BCUT2D eigenvalue weighted by Gasteiger charge is 2.30. The first kappa shape index (κ1) is 21.4. The van der Waals surface area contributed by atoms with Crippen molar-refractivity contribution in [3.63, 3.8) is 0 Å². The van der Waals surface area contributed by atoms with Gasteiger partial charge < -0.3 is 4.55 Å². The molecule has 0 heterocycles. The third-order valence-corrected chi connectivity index (χ3v) is 6.65. The van der Waals surface area contributed by atoms with Gasteiger partial charge in [-0.05, 0) is 42.5 Å². The van der Waals surface area contributed by atoms with E-state index in [9.17, 15) is 26.1 Å². The summed E-state index contributed by atoms with van der Waals surface area (Å²) in [6.07, 6.45) is -4.65. The monoisotopic (exact) mass is 506 g/mol. The lowest BCUT2D eigenvalue weighted by Gasteiger charge is -2.10. The number of rotatable bonds is 3. The molecular weight excluding hydrogens is 492 g/mol.